The molecule has 0 aliphatic heterocycles. The van der Waals surface area contributed by atoms with E-state index in [0.717, 1.165) is 44.4 Å². The molecule has 0 aliphatic rings. The highest BCUT2D eigenvalue weighted by molar-refractivity contribution is 7.46. The first-order valence-electron chi connectivity index (χ1n) is 19.2. The predicted octanol–water partition coefficient (Wildman–Crippen LogP) is 10.6. The van der Waals surface area contributed by atoms with Gasteiger partial charge in [-0.25, -0.2) is 4.57 Å². The van der Waals surface area contributed by atoms with Gasteiger partial charge in [0.2, 0.25) is 0 Å². The number of rotatable bonds is 34. The van der Waals surface area contributed by atoms with Crippen LogP contribution >= 0.6 is 7.82 Å². The van der Waals surface area contributed by atoms with Crippen LogP contribution < -0.4 is 0 Å². The van der Waals surface area contributed by atoms with Gasteiger partial charge >= 0.3 is 19.8 Å². The van der Waals surface area contributed by atoms with Crippen molar-refractivity contribution in [1.29, 1.82) is 0 Å². The van der Waals surface area contributed by atoms with E-state index in [2.05, 4.69) is 49.6 Å². The average molecular weight is 725 g/mol. The van der Waals surface area contributed by atoms with Crippen molar-refractivity contribution in [2.24, 2.45) is 5.92 Å². The monoisotopic (exact) mass is 724 g/mol. The van der Waals surface area contributed by atoms with Gasteiger partial charge in [-0.05, 0) is 50.5 Å². The number of allylic oxidation sites excluding steroid dienone is 8. The highest BCUT2D eigenvalue weighted by Crippen LogP contribution is 2.36. The third-order valence-electron chi connectivity index (χ3n) is 8.00. The molecule has 0 radical (unpaired) electrons. The second-order valence-corrected chi connectivity index (χ2v) is 14.7. The maximum atomic E-state index is 12.3. The second-order valence-electron chi connectivity index (χ2n) is 13.4. The first-order valence-corrected chi connectivity index (χ1v) is 20.8. The van der Waals surface area contributed by atoms with Gasteiger partial charge in [0, 0.05) is 19.3 Å². The summed E-state index contributed by atoms with van der Waals surface area (Å²) in [4.78, 5) is 54.8. The van der Waals surface area contributed by atoms with Crippen molar-refractivity contribution in [3.63, 3.8) is 0 Å². The maximum Gasteiger partial charge on any atom is 0.469 e. The molecular formula is C40H69O9P. The Balaban J connectivity index is 4.18. The number of phosphoric acid groups is 1. The van der Waals surface area contributed by atoms with Gasteiger partial charge in [-0.2, -0.15) is 0 Å². The highest BCUT2D eigenvalue weighted by Gasteiger charge is 2.23. The van der Waals surface area contributed by atoms with E-state index < -0.39 is 32.5 Å². The Labute approximate surface area is 303 Å². The summed E-state index contributed by atoms with van der Waals surface area (Å²) < 4.78 is 26.1. The van der Waals surface area contributed by atoms with Crippen LogP contribution in [0.15, 0.2) is 48.6 Å². The van der Waals surface area contributed by atoms with Gasteiger partial charge in [-0.1, -0.05) is 147 Å². The van der Waals surface area contributed by atoms with Crippen LogP contribution in [-0.2, 0) is 32.9 Å². The SMILES string of the molecule is CCCCC/C=C\C/C=C\C/C=C\C=C\C(=O)CCCC(=O)O[C@H](COC(=O)CCCCCCCCCCCCCC(C)C)COP(=O)(O)O. The summed E-state index contributed by atoms with van der Waals surface area (Å²) >= 11 is 0. The molecule has 50 heavy (non-hydrogen) atoms. The van der Waals surface area contributed by atoms with Crippen LogP contribution in [0.2, 0.25) is 0 Å². The Hall–Kier alpha value is -2.32. The van der Waals surface area contributed by atoms with Crippen molar-refractivity contribution >= 4 is 25.5 Å². The quantitative estimate of drug-likeness (QED) is 0.0166. The van der Waals surface area contributed by atoms with E-state index in [1.165, 1.54) is 76.7 Å². The molecule has 0 heterocycles. The number of hydrogen-bond acceptors (Lipinski definition) is 7. The first-order chi connectivity index (χ1) is 24.0. The lowest BCUT2D eigenvalue weighted by Crippen LogP contribution is -2.29. The van der Waals surface area contributed by atoms with Gasteiger partial charge in [0.05, 0.1) is 6.61 Å². The smallest absolute Gasteiger partial charge is 0.462 e. The van der Waals surface area contributed by atoms with E-state index in [9.17, 15) is 18.9 Å². The zero-order valence-corrected chi connectivity index (χ0v) is 32.3. The number of carbonyl (C=O) groups excluding carboxylic acids is 3. The van der Waals surface area contributed by atoms with Crippen LogP contribution in [-0.4, -0.2) is 46.8 Å². The van der Waals surface area contributed by atoms with Gasteiger partial charge in [0.15, 0.2) is 11.9 Å². The third-order valence-corrected chi connectivity index (χ3v) is 8.49. The highest BCUT2D eigenvalue weighted by atomic mass is 31.2. The molecule has 0 aliphatic carbocycles. The normalized spacial score (nSPS) is 13.0. The molecule has 2 N–H and O–H groups in total. The summed E-state index contributed by atoms with van der Waals surface area (Å²) in [6.07, 6.45) is 35.6. The number of phosphoric ester groups is 1. The van der Waals surface area contributed by atoms with Crippen LogP contribution in [0.1, 0.15) is 162 Å². The van der Waals surface area contributed by atoms with Crippen LogP contribution in [0.25, 0.3) is 0 Å². The molecule has 9 nitrogen and oxygen atoms in total. The molecule has 10 heteroatoms. The summed E-state index contributed by atoms with van der Waals surface area (Å²) in [7, 11) is -4.82. The Kier molecular flexibility index (Phi) is 32.2. The summed E-state index contributed by atoms with van der Waals surface area (Å²) in [5.74, 6) is -0.478. The zero-order valence-electron chi connectivity index (χ0n) is 31.4. The molecular weight excluding hydrogens is 655 g/mol. The Morgan fingerprint density at radius 3 is 1.84 bits per heavy atom. The fourth-order valence-electron chi connectivity index (χ4n) is 5.10. The van der Waals surface area contributed by atoms with Crippen molar-refractivity contribution in [1.82, 2.24) is 0 Å². The van der Waals surface area contributed by atoms with Gasteiger partial charge < -0.3 is 19.3 Å². The minimum Gasteiger partial charge on any atom is -0.462 e. The molecule has 1 atom stereocenters. The van der Waals surface area contributed by atoms with Crippen molar-refractivity contribution in [2.75, 3.05) is 13.2 Å². The van der Waals surface area contributed by atoms with Crippen LogP contribution in [0, 0.1) is 5.92 Å². The molecule has 0 rings (SSSR count). The van der Waals surface area contributed by atoms with E-state index in [4.69, 9.17) is 19.3 Å². The molecule has 0 spiro atoms. The Morgan fingerprint density at radius 2 is 1.22 bits per heavy atom. The molecule has 0 saturated heterocycles. The second kappa shape index (κ2) is 33.8. The number of ether oxygens (including phenoxy) is 2. The zero-order chi connectivity index (χ0) is 37.1. The largest absolute Gasteiger partial charge is 0.469 e. The molecule has 0 aromatic heterocycles. The standard InChI is InChI=1S/C40H69O9P/c1-4-5-6-7-8-9-10-11-14-17-20-23-26-30-37(41)31-28-33-40(43)49-38(35-48-50(44,45)46)34-47-39(42)32-27-24-21-18-15-12-13-16-19-22-25-29-36(2)3/h8-9,11,14,20,23,26,30,36,38H,4-7,10,12-13,15-19,21-22,24-25,27-29,31-35H2,1-3H3,(H2,44,45,46)/b9-8-,14-11-,23-20-,30-26+/t38-/m1/s1. The minimum atomic E-state index is -4.82. The van der Waals surface area contributed by atoms with Crippen LogP contribution in [0.5, 0.6) is 0 Å². The lowest BCUT2D eigenvalue weighted by molar-refractivity contribution is -0.161. The fourth-order valence-corrected chi connectivity index (χ4v) is 5.46. The molecule has 0 amide bonds. The van der Waals surface area contributed by atoms with E-state index >= 15 is 0 Å². The van der Waals surface area contributed by atoms with Gasteiger partial charge in [-0.3, -0.25) is 18.9 Å². The van der Waals surface area contributed by atoms with Crippen molar-refractivity contribution in [3.05, 3.63) is 48.6 Å². The fraction of sp³-hybridized carbons (Fsp3) is 0.725. The van der Waals surface area contributed by atoms with E-state index in [1.807, 2.05) is 12.2 Å². The number of unbranched alkanes of at least 4 members (excludes halogenated alkanes) is 13. The first kappa shape index (κ1) is 47.7. The number of hydrogen-bond donors (Lipinski definition) is 2. The van der Waals surface area contributed by atoms with E-state index in [-0.39, 0.29) is 38.1 Å². The number of carbonyl (C=O) groups is 3. The lowest BCUT2D eigenvalue weighted by atomic mass is 10.0. The van der Waals surface area contributed by atoms with Gasteiger partial charge in [0.1, 0.15) is 6.61 Å². The topological polar surface area (TPSA) is 136 Å². The molecule has 0 saturated carbocycles. The van der Waals surface area contributed by atoms with Crippen molar-refractivity contribution < 1.29 is 42.7 Å². The van der Waals surface area contributed by atoms with Crippen molar-refractivity contribution in [2.45, 2.75) is 168 Å². The summed E-state index contributed by atoms with van der Waals surface area (Å²) in [6.45, 7) is 5.75. The Morgan fingerprint density at radius 1 is 0.640 bits per heavy atom. The Bertz CT molecular complexity index is 1030. The molecule has 0 bridgehead atoms. The third kappa shape index (κ3) is 36.9. The molecule has 0 fully saturated rings. The average Bonchev–Trinajstić information content (AvgIpc) is 3.06. The van der Waals surface area contributed by atoms with Crippen LogP contribution in [0.4, 0.5) is 0 Å². The summed E-state index contributed by atoms with van der Waals surface area (Å²) in [5, 5.41) is 0. The molecule has 0 aromatic rings. The van der Waals surface area contributed by atoms with Crippen LogP contribution in [0.3, 0.4) is 0 Å². The van der Waals surface area contributed by atoms with Gasteiger partial charge in [0.25, 0.3) is 0 Å². The molecule has 0 unspecified atom stereocenters. The van der Waals surface area contributed by atoms with E-state index in [1.54, 1.807) is 6.08 Å². The number of esters is 2. The van der Waals surface area contributed by atoms with Gasteiger partial charge in [-0.15, -0.1) is 0 Å². The summed E-state index contributed by atoms with van der Waals surface area (Å²) in [5.41, 5.74) is 0. The molecule has 288 valence electrons. The van der Waals surface area contributed by atoms with Crippen molar-refractivity contribution in [3.8, 4) is 0 Å². The lowest BCUT2D eigenvalue weighted by Gasteiger charge is -2.18. The minimum absolute atomic E-state index is 0.0775. The maximum absolute atomic E-state index is 12.3. The predicted molar refractivity (Wildman–Crippen MR) is 202 cm³/mol. The number of ketones is 1. The van der Waals surface area contributed by atoms with E-state index in [0.29, 0.717) is 6.42 Å². The molecule has 0 aromatic carbocycles. The summed E-state index contributed by atoms with van der Waals surface area (Å²) in [6, 6.07) is 0.